The molecule has 15 heavy (non-hydrogen) atoms. The molecule has 1 aromatic carbocycles. The SMILES string of the molecule is Cc1ccc(-c2cc(N)on2)c(O)c1Br. The lowest BCUT2D eigenvalue weighted by molar-refractivity contribution is 0.437. The van der Waals surface area contributed by atoms with Gasteiger partial charge in [-0.3, -0.25) is 0 Å². The van der Waals surface area contributed by atoms with Crippen LogP contribution >= 0.6 is 15.9 Å². The second-order valence-electron chi connectivity index (χ2n) is 3.21. The molecule has 4 nitrogen and oxygen atoms in total. The van der Waals surface area contributed by atoms with E-state index in [2.05, 4.69) is 21.1 Å². The van der Waals surface area contributed by atoms with Gasteiger partial charge in [0.2, 0.25) is 5.88 Å². The number of aromatic nitrogens is 1. The van der Waals surface area contributed by atoms with Crippen molar-refractivity contribution < 1.29 is 9.63 Å². The molecule has 0 fully saturated rings. The number of nitrogens with two attached hydrogens (primary N) is 1. The molecule has 0 unspecified atom stereocenters. The van der Waals surface area contributed by atoms with Crippen molar-refractivity contribution in [3.8, 4) is 17.0 Å². The van der Waals surface area contributed by atoms with Gasteiger partial charge in [-0.2, -0.15) is 0 Å². The number of hydrogen-bond acceptors (Lipinski definition) is 4. The van der Waals surface area contributed by atoms with E-state index in [-0.39, 0.29) is 11.6 Å². The lowest BCUT2D eigenvalue weighted by atomic mass is 10.1. The Morgan fingerprint density at radius 3 is 2.80 bits per heavy atom. The summed E-state index contributed by atoms with van der Waals surface area (Å²) in [5.41, 5.74) is 7.47. The molecule has 0 saturated carbocycles. The van der Waals surface area contributed by atoms with Crippen molar-refractivity contribution in [1.29, 1.82) is 0 Å². The molecule has 1 heterocycles. The van der Waals surface area contributed by atoms with E-state index in [0.717, 1.165) is 5.56 Å². The van der Waals surface area contributed by atoms with Gasteiger partial charge >= 0.3 is 0 Å². The summed E-state index contributed by atoms with van der Waals surface area (Å²) in [6.07, 6.45) is 0. The minimum Gasteiger partial charge on any atom is -0.506 e. The predicted molar refractivity (Wildman–Crippen MR) is 60.5 cm³/mol. The Labute approximate surface area is 94.8 Å². The average molecular weight is 269 g/mol. The second kappa shape index (κ2) is 3.58. The van der Waals surface area contributed by atoms with E-state index >= 15 is 0 Å². The fourth-order valence-corrected chi connectivity index (χ4v) is 1.63. The number of aryl methyl sites for hydroxylation is 1. The van der Waals surface area contributed by atoms with Crippen molar-refractivity contribution in [2.24, 2.45) is 0 Å². The van der Waals surface area contributed by atoms with Crippen LogP contribution < -0.4 is 5.73 Å². The molecule has 2 aromatic rings. The summed E-state index contributed by atoms with van der Waals surface area (Å²) < 4.78 is 5.40. The Morgan fingerprint density at radius 1 is 1.47 bits per heavy atom. The minimum absolute atomic E-state index is 0.142. The molecule has 0 spiro atoms. The van der Waals surface area contributed by atoms with Crippen LogP contribution in [0.25, 0.3) is 11.3 Å². The third-order valence-electron chi connectivity index (χ3n) is 2.11. The van der Waals surface area contributed by atoms with E-state index in [1.807, 2.05) is 13.0 Å². The molecule has 0 amide bonds. The van der Waals surface area contributed by atoms with Crippen LogP contribution in [0.1, 0.15) is 5.56 Å². The summed E-state index contributed by atoms with van der Waals surface area (Å²) in [5, 5.41) is 13.6. The third kappa shape index (κ3) is 1.70. The molecule has 0 aliphatic carbocycles. The van der Waals surface area contributed by atoms with Gasteiger partial charge in [0.05, 0.1) is 4.47 Å². The number of phenolic OH excluding ortho intramolecular Hbond substituents is 1. The Bertz CT molecular complexity index is 508. The van der Waals surface area contributed by atoms with E-state index in [4.69, 9.17) is 10.3 Å². The summed E-state index contributed by atoms with van der Waals surface area (Å²) >= 11 is 3.29. The first kappa shape index (κ1) is 10.0. The fourth-order valence-electron chi connectivity index (χ4n) is 1.29. The zero-order valence-corrected chi connectivity index (χ0v) is 9.58. The van der Waals surface area contributed by atoms with Crippen LogP contribution in [0.3, 0.4) is 0 Å². The standard InChI is InChI=1S/C10H9BrN2O2/c1-5-2-3-6(10(14)9(5)11)7-4-8(12)15-13-7/h2-4,14H,12H2,1H3. The van der Waals surface area contributed by atoms with Crippen molar-refractivity contribution in [1.82, 2.24) is 5.16 Å². The smallest absolute Gasteiger partial charge is 0.222 e. The molecule has 78 valence electrons. The zero-order chi connectivity index (χ0) is 11.0. The highest BCUT2D eigenvalue weighted by Crippen LogP contribution is 2.37. The number of rotatable bonds is 1. The maximum Gasteiger partial charge on any atom is 0.222 e. The third-order valence-corrected chi connectivity index (χ3v) is 3.11. The van der Waals surface area contributed by atoms with Gasteiger partial charge in [-0.25, -0.2) is 0 Å². The number of nitrogen functional groups attached to an aromatic ring is 1. The Balaban J connectivity index is 2.59. The van der Waals surface area contributed by atoms with E-state index in [1.54, 1.807) is 12.1 Å². The molecule has 0 bridgehead atoms. The van der Waals surface area contributed by atoms with Crippen LogP contribution in [-0.2, 0) is 0 Å². The first-order valence-corrected chi connectivity index (χ1v) is 5.09. The molecule has 0 aliphatic heterocycles. The highest BCUT2D eigenvalue weighted by Gasteiger charge is 2.12. The van der Waals surface area contributed by atoms with Crippen LogP contribution in [-0.4, -0.2) is 10.3 Å². The van der Waals surface area contributed by atoms with Crippen molar-refractivity contribution in [2.45, 2.75) is 6.92 Å². The monoisotopic (exact) mass is 268 g/mol. The lowest BCUT2D eigenvalue weighted by Crippen LogP contribution is -1.83. The largest absolute Gasteiger partial charge is 0.506 e. The number of halogens is 1. The minimum atomic E-state index is 0.142. The number of anilines is 1. The first-order chi connectivity index (χ1) is 7.09. The number of nitrogens with zero attached hydrogens (tertiary/aromatic N) is 1. The van der Waals surface area contributed by atoms with Gasteiger partial charge < -0.3 is 15.4 Å². The lowest BCUT2D eigenvalue weighted by Gasteiger charge is -2.05. The van der Waals surface area contributed by atoms with Crippen LogP contribution in [0.5, 0.6) is 5.75 Å². The van der Waals surface area contributed by atoms with E-state index < -0.39 is 0 Å². The Kier molecular flexibility index (Phi) is 2.40. The molecule has 2 rings (SSSR count). The number of benzene rings is 1. The maximum atomic E-state index is 9.87. The van der Waals surface area contributed by atoms with Crippen LogP contribution in [0.15, 0.2) is 27.2 Å². The van der Waals surface area contributed by atoms with Gasteiger partial charge in [-0.15, -0.1) is 0 Å². The Hall–Kier alpha value is -1.49. The molecule has 0 aliphatic rings. The van der Waals surface area contributed by atoms with Gasteiger partial charge in [0.15, 0.2) is 0 Å². The van der Waals surface area contributed by atoms with Gasteiger partial charge in [0.1, 0.15) is 11.4 Å². The Morgan fingerprint density at radius 2 is 2.20 bits per heavy atom. The average Bonchev–Trinajstić information content (AvgIpc) is 2.61. The highest BCUT2D eigenvalue weighted by molar-refractivity contribution is 9.10. The molecule has 0 saturated heterocycles. The summed E-state index contributed by atoms with van der Waals surface area (Å²) in [6.45, 7) is 1.89. The van der Waals surface area contributed by atoms with Crippen LogP contribution in [0, 0.1) is 6.92 Å². The molecule has 0 atom stereocenters. The van der Waals surface area contributed by atoms with Gasteiger partial charge in [0.25, 0.3) is 0 Å². The summed E-state index contributed by atoms with van der Waals surface area (Å²) in [5.74, 6) is 0.365. The van der Waals surface area contributed by atoms with Crippen molar-refractivity contribution >= 4 is 21.8 Å². The quantitative estimate of drug-likeness (QED) is 0.834. The summed E-state index contributed by atoms with van der Waals surface area (Å²) in [6, 6.07) is 5.22. The summed E-state index contributed by atoms with van der Waals surface area (Å²) in [4.78, 5) is 0. The van der Waals surface area contributed by atoms with Crippen molar-refractivity contribution in [2.75, 3.05) is 5.73 Å². The maximum absolute atomic E-state index is 9.87. The number of hydrogen-bond donors (Lipinski definition) is 2. The van der Waals surface area contributed by atoms with Gasteiger partial charge in [-0.05, 0) is 34.5 Å². The molecular formula is C10H9BrN2O2. The zero-order valence-electron chi connectivity index (χ0n) is 7.99. The van der Waals surface area contributed by atoms with Crippen molar-refractivity contribution in [3.63, 3.8) is 0 Å². The molecule has 0 radical (unpaired) electrons. The van der Waals surface area contributed by atoms with E-state index in [9.17, 15) is 5.11 Å². The highest BCUT2D eigenvalue weighted by atomic mass is 79.9. The topological polar surface area (TPSA) is 72.3 Å². The molecular weight excluding hydrogens is 260 g/mol. The molecule has 3 N–H and O–H groups in total. The second-order valence-corrected chi connectivity index (χ2v) is 4.00. The number of aromatic hydroxyl groups is 1. The van der Waals surface area contributed by atoms with E-state index in [0.29, 0.717) is 15.7 Å². The van der Waals surface area contributed by atoms with Crippen LogP contribution in [0.4, 0.5) is 5.88 Å². The normalized spacial score (nSPS) is 10.5. The van der Waals surface area contributed by atoms with Gasteiger partial charge in [0, 0.05) is 11.6 Å². The molecule has 1 aromatic heterocycles. The predicted octanol–water partition coefficient (Wildman–Crippen LogP) is 2.70. The molecule has 5 heteroatoms. The van der Waals surface area contributed by atoms with Gasteiger partial charge in [-0.1, -0.05) is 11.2 Å². The van der Waals surface area contributed by atoms with Crippen LogP contribution in [0.2, 0.25) is 0 Å². The fraction of sp³-hybridized carbons (Fsp3) is 0.100. The first-order valence-electron chi connectivity index (χ1n) is 4.30. The van der Waals surface area contributed by atoms with E-state index in [1.165, 1.54) is 0 Å². The van der Waals surface area contributed by atoms with Crippen molar-refractivity contribution in [3.05, 3.63) is 28.2 Å². The number of phenols is 1. The summed E-state index contributed by atoms with van der Waals surface area (Å²) in [7, 11) is 0.